The molecule has 1 aromatic heterocycles. The van der Waals surface area contributed by atoms with Gasteiger partial charge in [-0.15, -0.1) is 0 Å². The van der Waals surface area contributed by atoms with Gasteiger partial charge in [-0.2, -0.15) is 0 Å². The quantitative estimate of drug-likeness (QED) is 0.795. The summed E-state index contributed by atoms with van der Waals surface area (Å²) in [7, 11) is -3.40. The molecule has 0 bridgehead atoms. The largest absolute Gasteiger partial charge is 0.342 e. The summed E-state index contributed by atoms with van der Waals surface area (Å²) in [5.74, 6) is 0.171. The summed E-state index contributed by atoms with van der Waals surface area (Å²) >= 11 is 0. The SMILES string of the molecule is O=C(CCS(=O)(=O)c1ccccc1)N1CCC(Cc2ccccn2)C1. The van der Waals surface area contributed by atoms with Gasteiger partial charge in [-0.25, -0.2) is 8.42 Å². The predicted octanol–water partition coefficient (Wildman–Crippen LogP) is 2.34. The molecule has 2 aromatic rings. The number of carbonyl (C=O) groups is 1. The van der Waals surface area contributed by atoms with Crippen molar-refractivity contribution in [3.8, 4) is 0 Å². The Labute approximate surface area is 148 Å². The van der Waals surface area contributed by atoms with E-state index in [9.17, 15) is 13.2 Å². The summed E-state index contributed by atoms with van der Waals surface area (Å²) in [5, 5.41) is 0. The summed E-state index contributed by atoms with van der Waals surface area (Å²) in [6.07, 6.45) is 3.61. The average molecular weight is 358 g/mol. The average Bonchev–Trinajstić information content (AvgIpc) is 3.10. The lowest BCUT2D eigenvalue weighted by Gasteiger charge is -2.16. The molecule has 0 spiro atoms. The van der Waals surface area contributed by atoms with Crippen molar-refractivity contribution in [3.05, 3.63) is 60.4 Å². The molecule has 0 radical (unpaired) electrons. The summed E-state index contributed by atoms with van der Waals surface area (Å²) < 4.78 is 24.6. The smallest absolute Gasteiger partial charge is 0.223 e. The highest BCUT2D eigenvalue weighted by molar-refractivity contribution is 7.91. The van der Waals surface area contributed by atoms with Crippen molar-refractivity contribution in [1.82, 2.24) is 9.88 Å². The van der Waals surface area contributed by atoms with Crippen LogP contribution in [0.15, 0.2) is 59.6 Å². The number of benzene rings is 1. The number of hydrogen-bond donors (Lipinski definition) is 0. The third kappa shape index (κ3) is 4.66. The molecule has 1 aliphatic rings. The van der Waals surface area contributed by atoms with Crippen molar-refractivity contribution >= 4 is 15.7 Å². The van der Waals surface area contributed by atoms with Crippen molar-refractivity contribution in [3.63, 3.8) is 0 Å². The molecule has 0 N–H and O–H groups in total. The van der Waals surface area contributed by atoms with Crippen LogP contribution < -0.4 is 0 Å². The van der Waals surface area contributed by atoms with Crippen LogP contribution in [0.4, 0.5) is 0 Å². The Kier molecular flexibility index (Phi) is 5.48. The van der Waals surface area contributed by atoms with Gasteiger partial charge < -0.3 is 4.90 Å². The molecule has 1 saturated heterocycles. The normalized spacial score (nSPS) is 17.6. The first-order valence-corrected chi connectivity index (χ1v) is 10.2. The lowest BCUT2D eigenvalue weighted by molar-refractivity contribution is -0.129. The predicted molar refractivity (Wildman–Crippen MR) is 95.7 cm³/mol. The molecule has 6 heteroatoms. The molecule has 1 amide bonds. The van der Waals surface area contributed by atoms with Crippen LogP contribution in [0.5, 0.6) is 0 Å². The third-order valence-corrected chi connectivity index (χ3v) is 6.28. The fourth-order valence-corrected chi connectivity index (χ4v) is 4.42. The Hall–Kier alpha value is -2.21. The lowest BCUT2D eigenvalue weighted by Crippen LogP contribution is -2.30. The van der Waals surface area contributed by atoms with Gasteiger partial charge in [0.05, 0.1) is 10.6 Å². The number of pyridine rings is 1. The molecule has 0 aliphatic carbocycles. The maximum absolute atomic E-state index is 12.4. The van der Waals surface area contributed by atoms with E-state index in [1.807, 2.05) is 18.2 Å². The van der Waals surface area contributed by atoms with E-state index in [2.05, 4.69) is 4.98 Å². The Morgan fingerprint density at radius 1 is 1.12 bits per heavy atom. The molecule has 132 valence electrons. The first-order valence-electron chi connectivity index (χ1n) is 8.50. The number of rotatable bonds is 6. The Balaban J connectivity index is 1.51. The van der Waals surface area contributed by atoms with E-state index in [0.29, 0.717) is 19.0 Å². The van der Waals surface area contributed by atoms with Crippen LogP contribution in [-0.2, 0) is 21.1 Å². The van der Waals surface area contributed by atoms with Crippen LogP contribution in [-0.4, -0.2) is 43.1 Å². The molecule has 1 aromatic carbocycles. The summed E-state index contributed by atoms with van der Waals surface area (Å²) in [5.41, 5.74) is 1.04. The number of sulfone groups is 1. The zero-order valence-corrected chi connectivity index (χ0v) is 14.9. The van der Waals surface area contributed by atoms with Gasteiger partial charge in [-0.1, -0.05) is 24.3 Å². The van der Waals surface area contributed by atoms with Crippen LogP contribution in [0.3, 0.4) is 0 Å². The van der Waals surface area contributed by atoms with Crippen molar-refractivity contribution in [2.24, 2.45) is 5.92 Å². The molecule has 1 aliphatic heterocycles. The monoisotopic (exact) mass is 358 g/mol. The van der Waals surface area contributed by atoms with Gasteiger partial charge in [-0.3, -0.25) is 9.78 Å². The lowest BCUT2D eigenvalue weighted by atomic mass is 10.0. The van der Waals surface area contributed by atoms with Crippen LogP contribution >= 0.6 is 0 Å². The van der Waals surface area contributed by atoms with E-state index in [-0.39, 0.29) is 23.0 Å². The number of hydrogen-bond acceptors (Lipinski definition) is 4. The van der Waals surface area contributed by atoms with Gasteiger partial charge >= 0.3 is 0 Å². The number of nitrogens with zero attached hydrogens (tertiary/aromatic N) is 2. The molecule has 25 heavy (non-hydrogen) atoms. The summed E-state index contributed by atoms with van der Waals surface area (Å²) in [4.78, 5) is 18.8. The second kappa shape index (κ2) is 7.78. The van der Waals surface area contributed by atoms with E-state index in [1.54, 1.807) is 41.4 Å². The minimum absolute atomic E-state index is 0.0353. The molecule has 5 nitrogen and oxygen atoms in total. The highest BCUT2D eigenvalue weighted by Gasteiger charge is 2.27. The molecule has 2 heterocycles. The van der Waals surface area contributed by atoms with E-state index in [4.69, 9.17) is 0 Å². The van der Waals surface area contributed by atoms with Crippen molar-refractivity contribution in [1.29, 1.82) is 0 Å². The first kappa shape index (κ1) is 17.6. The Bertz CT molecular complexity index is 807. The van der Waals surface area contributed by atoms with Gasteiger partial charge in [0.2, 0.25) is 5.91 Å². The molecular formula is C19H22N2O3S. The van der Waals surface area contributed by atoms with Crippen molar-refractivity contribution in [2.75, 3.05) is 18.8 Å². The van der Waals surface area contributed by atoms with Gasteiger partial charge in [-0.05, 0) is 43.0 Å². The number of amides is 1. The minimum Gasteiger partial charge on any atom is -0.342 e. The molecule has 1 atom stereocenters. The van der Waals surface area contributed by atoms with E-state index in [1.165, 1.54) is 0 Å². The van der Waals surface area contributed by atoms with Crippen LogP contribution in [0.2, 0.25) is 0 Å². The Morgan fingerprint density at radius 2 is 1.88 bits per heavy atom. The molecule has 1 fully saturated rings. The van der Waals surface area contributed by atoms with Crippen molar-refractivity contribution in [2.45, 2.75) is 24.2 Å². The molecule has 0 saturated carbocycles. The topological polar surface area (TPSA) is 67.3 Å². The second-order valence-corrected chi connectivity index (χ2v) is 8.51. The van der Waals surface area contributed by atoms with Crippen LogP contribution in [0.1, 0.15) is 18.5 Å². The fourth-order valence-electron chi connectivity index (χ4n) is 3.17. The first-order chi connectivity index (χ1) is 12.0. The van der Waals surface area contributed by atoms with Gasteiger partial charge in [0.1, 0.15) is 0 Å². The zero-order valence-electron chi connectivity index (χ0n) is 14.0. The zero-order chi connectivity index (χ0) is 17.7. The second-order valence-electron chi connectivity index (χ2n) is 6.40. The highest BCUT2D eigenvalue weighted by Crippen LogP contribution is 2.21. The summed E-state index contributed by atoms with van der Waals surface area (Å²) in [6.45, 7) is 1.38. The van der Waals surface area contributed by atoms with Gasteiger partial charge in [0.15, 0.2) is 9.84 Å². The Morgan fingerprint density at radius 3 is 2.60 bits per heavy atom. The van der Waals surface area contributed by atoms with E-state index in [0.717, 1.165) is 18.5 Å². The maximum Gasteiger partial charge on any atom is 0.223 e. The van der Waals surface area contributed by atoms with Crippen LogP contribution in [0.25, 0.3) is 0 Å². The fraction of sp³-hybridized carbons (Fsp3) is 0.368. The van der Waals surface area contributed by atoms with Crippen LogP contribution in [0, 0.1) is 5.92 Å². The van der Waals surface area contributed by atoms with E-state index < -0.39 is 9.84 Å². The van der Waals surface area contributed by atoms with Gasteiger partial charge in [0.25, 0.3) is 0 Å². The number of carbonyl (C=O) groups excluding carboxylic acids is 1. The van der Waals surface area contributed by atoms with E-state index >= 15 is 0 Å². The standard InChI is InChI=1S/C19H22N2O3S/c22-19(10-13-25(23,24)18-7-2-1-3-8-18)21-12-9-16(15-21)14-17-6-4-5-11-20-17/h1-8,11,16H,9-10,12-15H2. The molecule has 1 unspecified atom stereocenters. The molecule has 3 rings (SSSR count). The maximum atomic E-state index is 12.4. The highest BCUT2D eigenvalue weighted by atomic mass is 32.2. The van der Waals surface area contributed by atoms with Gasteiger partial charge in [0, 0.05) is 31.4 Å². The molecular weight excluding hydrogens is 336 g/mol. The summed E-state index contributed by atoms with van der Waals surface area (Å²) in [6, 6.07) is 14.1. The third-order valence-electron chi connectivity index (χ3n) is 4.55. The number of aromatic nitrogens is 1. The number of likely N-dealkylation sites (tertiary alicyclic amines) is 1. The van der Waals surface area contributed by atoms with Crippen molar-refractivity contribution < 1.29 is 13.2 Å². The minimum atomic E-state index is -3.40.